The minimum atomic E-state index is 0. The Morgan fingerprint density at radius 2 is 1.85 bits per heavy atom. The highest BCUT2D eigenvalue weighted by Gasteiger charge is 2.12. The number of methoxy groups -OCH3 is 1. The average Bonchev–Trinajstić information content (AvgIpc) is 2.62. The SMILES string of the molecule is CCOc1cccc(CNCCCOC)c1OCc1ccc(Cl)cc1Cl.Cl. The van der Waals surface area contributed by atoms with E-state index < -0.39 is 0 Å². The van der Waals surface area contributed by atoms with Crippen LogP contribution in [0.5, 0.6) is 11.5 Å². The van der Waals surface area contributed by atoms with Gasteiger partial charge in [-0.25, -0.2) is 0 Å². The van der Waals surface area contributed by atoms with E-state index in [2.05, 4.69) is 5.32 Å². The molecule has 4 nitrogen and oxygen atoms in total. The summed E-state index contributed by atoms with van der Waals surface area (Å²) < 4.78 is 16.9. The van der Waals surface area contributed by atoms with E-state index in [-0.39, 0.29) is 12.4 Å². The van der Waals surface area contributed by atoms with Crippen LogP contribution in [0.3, 0.4) is 0 Å². The van der Waals surface area contributed by atoms with Gasteiger partial charge in [-0.3, -0.25) is 0 Å². The molecule has 0 aliphatic heterocycles. The second-order valence-corrected chi connectivity index (χ2v) is 6.57. The number of rotatable bonds is 11. The molecule has 0 heterocycles. The van der Waals surface area contributed by atoms with Crippen molar-refractivity contribution in [2.45, 2.75) is 26.5 Å². The number of hydrogen-bond acceptors (Lipinski definition) is 4. The Balaban J connectivity index is 0.00000364. The molecule has 1 N–H and O–H groups in total. The first kappa shape index (κ1) is 23.9. The summed E-state index contributed by atoms with van der Waals surface area (Å²) in [6.07, 6.45) is 0.957. The predicted molar refractivity (Wildman–Crippen MR) is 114 cm³/mol. The highest BCUT2D eigenvalue weighted by Crippen LogP contribution is 2.33. The zero-order valence-electron chi connectivity index (χ0n) is 15.6. The van der Waals surface area contributed by atoms with Gasteiger partial charge in [0.25, 0.3) is 0 Å². The maximum absolute atomic E-state index is 6.25. The predicted octanol–water partition coefficient (Wildman–Crippen LogP) is 5.52. The van der Waals surface area contributed by atoms with Crippen LogP contribution in [0, 0.1) is 0 Å². The summed E-state index contributed by atoms with van der Waals surface area (Å²) in [5.41, 5.74) is 1.92. The summed E-state index contributed by atoms with van der Waals surface area (Å²) >= 11 is 12.2. The fraction of sp³-hybridized carbons (Fsp3) is 0.400. The lowest BCUT2D eigenvalue weighted by atomic mass is 10.1. The first-order valence-electron chi connectivity index (χ1n) is 8.66. The van der Waals surface area contributed by atoms with Crippen LogP contribution >= 0.6 is 35.6 Å². The van der Waals surface area contributed by atoms with Crippen LogP contribution in [-0.2, 0) is 17.9 Å². The molecule has 2 aromatic carbocycles. The monoisotopic (exact) mass is 433 g/mol. The summed E-state index contributed by atoms with van der Waals surface area (Å²) in [5.74, 6) is 1.47. The Morgan fingerprint density at radius 1 is 1.04 bits per heavy atom. The third-order valence-electron chi connectivity index (χ3n) is 3.76. The molecule has 27 heavy (non-hydrogen) atoms. The lowest BCUT2D eigenvalue weighted by molar-refractivity contribution is 0.194. The van der Waals surface area contributed by atoms with Crippen molar-refractivity contribution in [2.24, 2.45) is 0 Å². The molecule has 0 saturated heterocycles. The van der Waals surface area contributed by atoms with Crippen molar-refractivity contribution in [1.82, 2.24) is 5.32 Å². The van der Waals surface area contributed by atoms with Gasteiger partial charge in [0.05, 0.1) is 6.61 Å². The van der Waals surface area contributed by atoms with Gasteiger partial charge in [-0.2, -0.15) is 0 Å². The molecule has 0 atom stereocenters. The summed E-state index contributed by atoms with van der Waals surface area (Å²) in [7, 11) is 1.71. The number of benzene rings is 2. The van der Waals surface area contributed by atoms with E-state index in [1.165, 1.54) is 0 Å². The van der Waals surface area contributed by atoms with Crippen LogP contribution in [0.15, 0.2) is 36.4 Å². The minimum Gasteiger partial charge on any atom is -0.490 e. The summed E-state index contributed by atoms with van der Waals surface area (Å²) in [4.78, 5) is 0. The Labute approximate surface area is 177 Å². The van der Waals surface area contributed by atoms with Gasteiger partial charge in [-0.05, 0) is 38.1 Å². The molecule has 7 heteroatoms. The molecule has 0 aliphatic carbocycles. The molecular weight excluding hydrogens is 409 g/mol. The fourth-order valence-corrected chi connectivity index (χ4v) is 2.95. The molecule has 0 saturated carbocycles. The van der Waals surface area contributed by atoms with Crippen molar-refractivity contribution in [3.05, 3.63) is 57.6 Å². The third kappa shape index (κ3) is 7.76. The Kier molecular flexibility index (Phi) is 11.6. The van der Waals surface area contributed by atoms with Gasteiger partial charge in [0, 0.05) is 41.4 Å². The lowest BCUT2D eigenvalue weighted by Crippen LogP contribution is -2.17. The number of nitrogens with one attached hydrogen (secondary N) is 1. The van der Waals surface area contributed by atoms with Crippen molar-refractivity contribution in [2.75, 3.05) is 26.9 Å². The van der Waals surface area contributed by atoms with E-state index >= 15 is 0 Å². The van der Waals surface area contributed by atoms with Gasteiger partial charge >= 0.3 is 0 Å². The first-order valence-corrected chi connectivity index (χ1v) is 9.42. The topological polar surface area (TPSA) is 39.7 Å². The average molecular weight is 435 g/mol. The quantitative estimate of drug-likeness (QED) is 0.473. The van der Waals surface area contributed by atoms with E-state index in [1.807, 2.05) is 31.2 Å². The largest absolute Gasteiger partial charge is 0.490 e. The van der Waals surface area contributed by atoms with E-state index in [1.54, 1.807) is 19.2 Å². The standard InChI is InChI=1S/C20H25Cl2NO3.ClH/c1-3-25-19-7-4-6-15(13-23-10-5-11-24-2)20(19)26-14-16-8-9-17(21)12-18(16)22;/h4,6-9,12,23H,3,5,10-11,13-14H2,1-2H3;1H. The van der Waals surface area contributed by atoms with Gasteiger partial charge < -0.3 is 19.5 Å². The number of hydrogen-bond donors (Lipinski definition) is 1. The van der Waals surface area contributed by atoms with E-state index in [0.717, 1.165) is 42.2 Å². The molecule has 0 radical (unpaired) electrons. The van der Waals surface area contributed by atoms with Gasteiger partial charge in [-0.1, -0.05) is 41.4 Å². The van der Waals surface area contributed by atoms with E-state index in [0.29, 0.717) is 29.8 Å². The first-order chi connectivity index (χ1) is 12.7. The van der Waals surface area contributed by atoms with Crippen molar-refractivity contribution in [3.8, 4) is 11.5 Å². The van der Waals surface area contributed by atoms with Crippen molar-refractivity contribution in [1.29, 1.82) is 0 Å². The highest BCUT2D eigenvalue weighted by atomic mass is 35.5. The van der Waals surface area contributed by atoms with Gasteiger partial charge in [0.15, 0.2) is 11.5 Å². The highest BCUT2D eigenvalue weighted by molar-refractivity contribution is 6.35. The minimum absolute atomic E-state index is 0. The van der Waals surface area contributed by atoms with Crippen molar-refractivity contribution >= 4 is 35.6 Å². The van der Waals surface area contributed by atoms with Crippen LogP contribution in [0.2, 0.25) is 10.0 Å². The lowest BCUT2D eigenvalue weighted by Gasteiger charge is -2.17. The molecule has 0 unspecified atom stereocenters. The van der Waals surface area contributed by atoms with Crippen LogP contribution in [0.1, 0.15) is 24.5 Å². The van der Waals surface area contributed by atoms with Gasteiger partial charge in [0.1, 0.15) is 6.61 Å². The fourth-order valence-electron chi connectivity index (χ4n) is 2.49. The third-order valence-corrected chi connectivity index (χ3v) is 4.35. The summed E-state index contributed by atoms with van der Waals surface area (Å²) in [6, 6.07) is 11.3. The number of halogens is 3. The molecule has 0 amide bonds. The maximum atomic E-state index is 6.25. The molecule has 0 aromatic heterocycles. The summed E-state index contributed by atoms with van der Waals surface area (Å²) in [5, 5.41) is 4.60. The zero-order chi connectivity index (χ0) is 18.8. The Bertz CT molecular complexity index is 698. The molecule has 150 valence electrons. The van der Waals surface area contributed by atoms with Crippen LogP contribution < -0.4 is 14.8 Å². The van der Waals surface area contributed by atoms with Crippen LogP contribution in [0.25, 0.3) is 0 Å². The molecular formula is C20H26Cl3NO3. The smallest absolute Gasteiger partial charge is 0.166 e. The molecule has 0 aliphatic rings. The maximum Gasteiger partial charge on any atom is 0.166 e. The molecule has 2 rings (SSSR count). The second kappa shape index (κ2) is 13.1. The van der Waals surface area contributed by atoms with Crippen molar-refractivity contribution < 1.29 is 14.2 Å². The molecule has 0 fully saturated rings. The summed E-state index contributed by atoms with van der Waals surface area (Å²) in [6.45, 7) is 5.17. The van der Waals surface area contributed by atoms with Crippen LogP contribution in [0.4, 0.5) is 0 Å². The zero-order valence-corrected chi connectivity index (χ0v) is 17.9. The second-order valence-electron chi connectivity index (χ2n) is 5.72. The Hall–Kier alpha value is -1.17. The van der Waals surface area contributed by atoms with E-state index in [4.69, 9.17) is 37.4 Å². The number of ether oxygens (including phenoxy) is 3. The van der Waals surface area contributed by atoms with Crippen molar-refractivity contribution in [3.63, 3.8) is 0 Å². The molecule has 2 aromatic rings. The van der Waals surface area contributed by atoms with Crippen LogP contribution in [-0.4, -0.2) is 26.9 Å². The Morgan fingerprint density at radius 3 is 2.56 bits per heavy atom. The van der Waals surface area contributed by atoms with Gasteiger partial charge in [0.2, 0.25) is 0 Å². The number of para-hydroxylation sites is 1. The molecule has 0 bridgehead atoms. The van der Waals surface area contributed by atoms with Gasteiger partial charge in [-0.15, -0.1) is 12.4 Å². The normalized spacial score (nSPS) is 10.4. The van der Waals surface area contributed by atoms with E-state index in [9.17, 15) is 0 Å². The molecule has 0 spiro atoms.